The largest absolute Gasteiger partial charge is 0.472 e. The maximum absolute atomic E-state index is 11.8. The first kappa shape index (κ1) is 19.1. The summed E-state index contributed by atoms with van der Waals surface area (Å²) in [5.74, 6) is 0. The van der Waals surface area contributed by atoms with Gasteiger partial charge in [-0.3, -0.25) is 23.4 Å². The molecule has 0 spiro atoms. The summed E-state index contributed by atoms with van der Waals surface area (Å²) in [7, 11) is -4.09. The van der Waals surface area contributed by atoms with E-state index < -0.39 is 31.4 Å². The van der Waals surface area contributed by atoms with E-state index in [4.69, 9.17) is 13.8 Å². The Morgan fingerprint density at radius 1 is 1.42 bits per heavy atom. The van der Waals surface area contributed by atoms with Crippen LogP contribution in [0.25, 0.3) is 0 Å². The lowest BCUT2D eigenvalue weighted by atomic mass is 10.2. The first-order chi connectivity index (χ1) is 11.3. The highest BCUT2D eigenvalue weighted by atomic mass is 31.2. The molecule has 10 heteroatoms. The summed E-state index contributed by atoms with van der Waals surface area (Å²) >= 11 is 0. The van der Waals surface area contributed by atoms with Gasteiger partial charge in [0.05, 0.1) is 19.3 Å². The minimum Gasteiger partial charge on any atom is -0.352 e. The van der Waals surface area contributed by atoms with Crippen LogP contribution in [0.5, 0.6) is 0 Å². The maximum atomic E-state index is 11.8. The van der Waals surface area contributed by atoms with Gasteiger partial charge in [0.2, 0.25) is 0 Å². The van der Waals surface area contributed by atoms with Gasteiger partial charge in [-0.05, 0) is 26.2 Å². The fourth-order valence-corrected chi connectivity index (χ4v) is 3.14. The van der Waals surface area contributed by atoms with Crippen LogP contribution in [-0.4, -0.2) is 33.8 Å². The molecule has 1 saturated heterocycles. The van der Waals surface area contributed by atoms with E-state index in [0.29, 0.717) is 24.8 Å². The van der Waals surface area contributed by atoms with Crippen molar-refractivity contribution in [3.63, 3.8) is 0 Å². The Labute approximate surface area is 139 Å². The van der Waals surface area contributed by atoms with Crippen LogP contribution < -0.4 is 11.2 Å². The van der Waals surface area contributed by atoms with Crippen molar-refractivity contribution in [2.75, 3.05) is 13.2 Å². The normalized spacial score (nSPS) is 23.3. The lowest BCUT2D eigenvalue weighted by Gasteiger charge is -2.17. The summed E-state index contributed by atoms with van der Waals surface area (Å²) < 4.78 is 28.4. The second kappa shape index (κ2) is 8.22. The van der Waals surface area contributed by atoms with Gasteiger partial charge >= 0.3 is 13.5 Å². The Morgan fingerprint density at radius 2 is 2.17 bits per heavy atom. The Bertz CT molecular complexity index is 714. The smallest absolute Gasteiger partial charge is 0.352 e. The number of hydrogen-bond acceptors (Lipinski definition) is 6. The van der Waals surface area contributed by atoms with Crippen LogP contribution in [0.15, 0.2) is 15.8 Å². The summed E-state index contributed by atoms with van der Waals surface area (Å²) in [5, 5.41) is 0. The van der Waals surface area contributed by atoms with Crippen molar-refractivity contribution >= 4 is 7.82 Å². The molecular weight excluding hydrogens is 339 g/mol. The van der Waals surface area contributed by atoms with Crippen molar-refractivity contribution in [1.29, 1.82) is 0 Å². The average molecular weight is 362 g/mol. The number of rotatable bonds is 8. The quantitative estimate of drug-likeness (QED) is 0.530. The summed E-state index contributed by atoms with van der Waals surface area (Å²) in [6.07, 6.45) is 3.09. The van der Waals surface area contributed by atoms with Gasteiger partial charge in [-0.1, -0.05) is 13.3 Å². The topological polar surface area (TPSA) is 120 Å². The molecule has 1 aliphatic rings. The van der Waals surface area contributed by atoms with Crippen LogP contribution in [0.4, 0.5) is 0 Å². The molecule has 3 atom stereocenters. The van der Waals surface area contributed by atoms with Crippen LogP contribution in [0.2, 0.25) is 0 Å². The number of H-pyrrole nitrogens is 1. The number of aryl methyl sites for hydroxylation is 1. The predicted octanol–water partition coefficient (Wildman–Crippen LogP) is 1.46. The van der Waals surface area contributed by atoms with Gasteiger partial charge in [0.1, 0.15) is 6.23 Å². The minimum atomic E-state index is -4.09. The van der Waals surface area contributed by atoms with Crippen molar-refractivity contribution in [2.45, 2.75) is 51.9 Å². The molecule has 0 amide bonds. The van der Waals surface area contributed by atoms with E-state index in [1.165, 1.54) is 10.8 Å². The van der Waals surface area contributed by atoms with E-state index in [2.05, 4.69) is 4.98 Å². The summed E-state index contributed by atoms with van der Waals surface area (Å²) in [4.78, 5) is 35.0. The van der Waals surface area contributed by atoms with Crippen LogP contribution in [0.1, 0.15) is 44.4 Å². The monoisotopic (exact) mass is 362 g/mol. The zero-order valence-corrected chi connectivity index (χ0v) is 14.7. The second-order valence-corrected chi connectivity index (χ2v) is 7.17. The van der Waals surface area contributed by atoms with Crippen molar-refractivity contribution in [1.82, 2.24) is 9.55 Å². The second-order valence-electron chi connectivity index (χ2n) is 5.72. The van der Waals surface area contributed by atoms with Crippen molar-refractivity contribution < 1.29 is 23.2 Å². The summed E-state index contributed by atoms with van der Waals surface area (Å²) in [6.45, 7) is 3.59. The Balaban J connectivity index is 1.90. The predicted molar refractivity (Wildman–Crippen MR) is 85.8 cm³/mol. The molecule has 1 aromatic rings. The Kier molecular flexibility index (Phi) is 6.54. The van der Waals surface area contributed by atoms with Gasteiger partial charge in [0.25, 0.3) is 5.56 Å². The third kappa shape index (κ3) is 5.12. The van der Waals surface area contributed by atoms with Gasteiger partial charge in [-0.15, -0.1) is 0 Å². The molecule has 24 heavy (non-hydrogen) atoms. The molecule has 1 unspecified atom stereocenters. The number of ether oxygens (including phenoxy) is 1. The maximum Gasteiger partial charge on any atom is 0.472 e. The van der Waals surface area contributed by atoms with Crippen molar-refractivity contribution in [3.8, 4) is 0 Å². The Morgan fingerprint density at radius 3 is 2.88 bits per heavy atom. The number of nitrogens with zero attached hydrogens (tertiary/aromatic N) is 1. The molecule has 0 saturated carbocycles. The van der Waals surface area contributed by atoms with E-state index in [0.717, 1.165) is 6.42 Å². The zero-order valence-electron chi connectivity index (χ0n) is 13.8. The van der Waals surface area contributed by atoms with Crippen LogP contribution >= 0.6 is 7.82 Å². The molecule has 136 valence electrons. The fourth-order valence-electron chi connectivity index (χ4n) is 2.35. The first-order valence-electron chi connectivity index (χ1n) is 7.92. The van der Waals surface area contributed by atoms with Gasteiger partial charge in [-0.25, -0.2) is 9.36 Å². The lowest BCUT2D eigenvalue weighted by molar-refractivity contribution is -0.0260. The minimum absolute atomic E-state index is 0.104. The molecular formula is C14H23N2O7P. The summed E-state index contributed by atoms with van der Waals surface area (Å²) in [5.41, 5.74) is -0.574. The lowest BCUT2D eigenvalue weighted by Crippen LogP contribution is -2.33. The fraction of sp³-hybridized carbons (Fsp3) is 0.714. The van der Waals surface area contributed by atoms with Crippen molar-refractivity contribution in [3.05, 3.63) is 32.6 Å². The Hall–Kier alpha value is -1.25. The highest BCUT2D eigenvalue weighted by molar-refractivity contribution is 7.47. The number of unbranched alkanes of at least 4 members (excludes halogenated alkanes) is 1. The summed E-state index contributed by atoms with van der Waals surface area (Å²) in [6, 6.07) is 0. The number of hydrogen-bond donors (Lipinski definition) is 2. The molecule has 2 heterocycles. The standard InChI is InChI=1S/C14H23N2O7P/c1-3-4-7-21-24(19,20)22-9-11-5-6-12(23-11)16-8-10(2)13(17)15-14(16)18/h8,11-12H,3-7,9H2,1-2H3,(H,19,20)(H,15,17,18)/t11-,12-/m1/s1. The third-order valence-corrected chi connectivity index (χ3v) is 4.70. The first-order valence-corrected chi connectivity index (χ1v) is 9.41. The van der Waals surface area contributed by atoms with Gasteiger partial charge in [-0.2, -0.15) is 0 Å². The number of aromatic nitrogens is 2. The van der Waals surface area contributed by atoms with Gasteiger partial charge < -0.3 is 9.63 Å². The number of aromatic amines is 1. The van der Waals surface area contributed by atoms with Crippen LogP contribution in [0.3, 0.4) is 0 Å². The van der Waals surface area contributed by atoms with E-state index in [1.807, 2.05) is 6.92 Å². The highest BCUT2D eigenvalue weighted by Gasteiger charge is 2.30. The van der Waals surface area contributed by atoms with E-state index >= 15 is 0 Å². The zero-order chi connectivity index (χ0) is 17.7. The number of phosphoric acid groups is 1. The molecule has 2 rings (SSSR count). The number of nitrogens with one attached hydrogen (secondary N) is 1. The SMILES string of the molecule is CCCCOP(=O)(O)OC[C@H]1CC[C@H](n2cc(C)c(=O)[nH]c2=O)O1. The molecule has 0 radical (unpaired) electrons. The molecule has 0 aliphatic carbocycles. The molecule has 1 aromatic heterocycles. The van der Waals surface area contributed by atoms with Crippen molar-refractivity contribution in [2.24, 2.45) is 0 Å². The van der Waals surface area contributed by atoms with Gasteiger partial charge in [0.15, 0.2) is 0 Å². The van der Waals surface area contributed by atoms with Crippen LogP contribution in [0, 0.1) is 6.92 Å². The van der Waals surface area contributed by atoms with E-state index in [-0.39, 0.29) is 13.2 Å². The average Bonchev–Trinajstić information content (AvgIpc) is 2.98. The van der Waals surface area contributed by atoms with Crippen LogP contribution in [-0.2, 0) is 18.3 Å². The third-order valence-electron chi connectivity index (χ3n) is 3.72. The van der Waals surface area contributed by atoms with E-state index in [9.17, 15) is 19.0 Å². The van der Waals surface area contributed by atoms with E-state index in [1.54, 1.807) is 6.92 Å². The molecule has 9 nitrogen and oxygen atoms in total. The molecule has 0 aromatic carbocycles. The van der Waals surface area contributed by atoms with Gasteiger partial charge in [0, 0.05) is 11.8 Å². The molecule has 2 N–H and O–H groups in total. The highest BCUT2D eigenvalue weighted by Crippen LogP contribution is 2.44. The number of phosphoric ester groups is 1. The molecule has 0 bridgehead atoms. The molecule has 1 fully saturated rings. The molecule has 1 aliphatic heterocycles.